The number of likely N-dealkylation sites (N-methyl/N-ethyl adjacent to an activating group) is 1. The minimum atomic E-state index is -1.05. The van der Waals surface area contributed by atoms with Gasteiger partial charge in [-0.15, -0.1) is 0 Å². The van der Waals surface area contributed by atoms with Crippen LogP contribution in [0.25, 0.3) is 11.0 Å². The molecule has 2 aromatic rings. The van der Waals surface area contributed by atoms with Gasteiger partial charge in [-0.25, -0.2) is 0 Å². The van der Waals surface area contributed by atoms with Crippen molar-refractivity contribution >= 4 is 28.6 Å². The van der Waals surface area contributed by atoms with Crippen LogP contribution in [0, 0.1) is 5.41 Å². The standard InChI is InChI=1S/C22H30N4O4/c1-21(2,13-19(28)29)12-18(27)25(3)14-22(30)8-5-11-26(15-22)17-7-10-23-16-6-4-9-24-20(16)17/h4,6-7,9-10,30H,5,8,11-15H2,1-3H3,(H,28,29)/t22-/m0/s1. The average Bonchev–Trinajstić information content (AvgIpc) is 2.65. The molecule has 162 valence electrons. The van der Waals surface area contributed by atoms with Crippen molar-refractivity contribution in [3.8, 4) is 0 Å². The molecule has 1 amide bonds. The molecule has 0 radical (unpaired) electrons. The van der Waals surface area contributed by atoms with E-state index in [4.69, 9.17) is 5.11 Å². The van der Waals surface area contributed by atoms with Crippen molar-refractivity contribution in [3.05, 3.63) is 30.6 Å². The van der Waals surface area contributed by atoms with Crippen LogP contribution in [0.5, 0.6) is 0 Å². The number of pyridine rings is 2. The molecule has 2 N–H and O–H groups in total. The minimum Gasteiger partial charge on any atom is -0.481 e. The van der Waals surface area contributed by atoms with E-state index in [-0.39, 0.29) is 25.3 Å². The maximum absolute atomic E-state index is 12.7. The molecule has 2 aromatic heterocycles. The van der Waals surface area contributed by atoms with E-state index in [1.807, 2.05) is 18.2 Å². The number of aromatic nitrogens is 2. The molecule has 0 aromatic carbocycles. The number of carbonyl (C=O) groups excluding carboxylic acids is 1. The first-order valence-corrected chi connectivity index (χ1v) is 10.2. The van der Waals surface area contributed by atoms with Gasteiger partial charge in [0.15, 0.2) is 0 Å². The number of aliphatic hydroxyl groups is 1. The molecule has 0 unspecified atom stereocenters. The Bertz CT molecular complexity index is 927. The van der Waals surface area contributed by atoms with Gasteiger partial charge in [0.05, 0.1) is 29.8 Å². The molecule has 1 atom stereocenters. The highest BCUT2D eigenvalue weighted by molar-refractivity contribution is 5.87. The number of carboxylic acid groups (broad SMARTS) is 1. The number of hydrogen-bond acceptors (Lipinski definition) is 6. The number of piperidine rings is 1. The molecule has 0 aliphatic carbocycles. The number of hydrogen-bond donors (Lipinski definition) is 2. The fourth-order valence-corrected chi connectivity index (χ4v) is 4.21. The normalized spacial score (nSPS) is 19.7. The third kappa shape index (κ3) is 5.24. The van der Waals surface area contributed by atoms with Gasteiger partial charge in [0.25, 0.3) is 0 Å². The second-order valence-corrected chi connectivity index (χ2v) is 9.11. The van der Waals surface area contributed by atoms with Crippen LogP contribution in [0.2, 0.25) is 0 Å². The fourth-order valence-electron chi connectivity index (χ4n) is 4.21. The van der Waals surface area contributed by atoms with Crippen LogP contribution in [0.1, 0.15) is 39.5 Å². The highest BCUT2D eigenvalue weighted by Gasteiger charge is 2.37. The third-order valence-electron chi connectivity index (χ3n) is 5.59. The van der Waals surface area contributed by atoms with Crippen molar-refractivity contribution in [3.63, 3.8) is 0 Å². The molecule has 8 nitrogen and oxygen atoms in total. The predicted molar refractivity (Wildman–Crippen MR) is 114 cm³/mol. The average molecular weight is 415 g/mol. The lowest BCUT2D eigenvalue weighted by Crippen LogP contribution is -2.55. The van der Waals surface area contributed by atoms with Crippen molar-refractivity contribution in [2.24, 2.45) is 5.41 Å². The number of nitrogens with zero attached hydrogens (tertiary/aromatic N) is 4. The maximum Gasteiger partial charge on any atom is 0.303 e. The zero-order valence-electron chi connectivity index (χ0n) is 17.8. The van der Waals surface area contributed by atoms with Gasteiger partial charge in [0.2, 0.25) is 5.91 Å². The summed E-state index contributed by atoms with van der Waals surface area (Å²) in [4.78, 5) is 36.1. The molecule has 1 fully saturated rings. The number of fused-ring (bicyclic) bond motifs is 1. The van der Waals surface area contributed by atoms with Gasteiger partial charge in [0.1, 0.15) is 5.52 Å². The van der Waals surface area contributed by atoms with Crippen LogP contribution in [-0.2, 0) is 9.59 Å². The molecule has 3 heterocycles. The summed E-state index contributed by atoms with van der Waals surface area (Å²) in [5, 5.41) is 20.3. The van der Waals surface area contributed by atoms with Gasteiger partial charge in [0, 0.05) is 39.0 Å². The smallest absolute Gasteiger partial charge is 0.303 e. The molecule has 0 bridgehead atoms. The number of anilines is 1. The summed E-state index contributed by atoms with van der Waals surface area (Å²) in [5.41, 5.74) is 0.834. The van der Waals surface area contributed by atoms with Gasteiger partial charge in [-0.05, 0) is 36.5 Å². The first-order chi connectivity index (χ1) is 14.1. The SMILES string of the molecule is CN(C[C@@]1(O)CCCN(c2ccnc3cccnc23)C1)C(=O)CC(C)(C)CC(=O)O. The predicted octanol–water partition coefficient (Wildman–Crippen LogP) is 2.31. The summed E-state index contributed by atoms with van der Waals surface area (Å²) in [6.45, 7) is 4.92. The van der Waals surface area contributed by atoms with Crippen LogP contribution in [0.4, 0.5) is 5.69 Å². The maximum atomic E-state index is 12.7. The van der Waals surface area contributed by atoms with E-state index in [1.165, 1.54) is 4.90 Å². The zero-order valence-corrected chi connectivity index (χ0v) is 17.8. The van der Waals surface area contributed by atoms with Crippen molar-refractivity contribution in [2.45, 2.75) is 45.1 Å². The van der Waals surface area contributed by atoms with Crippen LogP contribution < -0.4 is 4.90 Å². The van der Waals surface area contributed by atoms with Crippen molar-refractivity contribution in [1.82, 2.24) is 14.9 Å². The van der Waals surface area contributed by atoms with Crippen LogP contribution >= 0.6 is 0 Å². The number of β-amino-alcohol motifs (C(OH)–C–C–N with tert-alkyl or cyclic N) is 1. The first-order valence-electron chi connectivity index (χ1n) is 10.2. The van der Waals surface area contributed by atoms with Crippen molar-refractivity contribution < 1.29 is 19.8 Å². The molecule has 1 saturated heterocycles. The van der Waals surface area contributed by atoms with E-state index in [0.29, 0.717) is 13.0 Å². The van der Waals surface area contributed by atoms with Gasteiger partial charge in [-0.1, -0.05) is 13.8 Å². The third-order valence-corrected chi connectivity index (χ3v) is 5.59. The largest absolute Gasteiger partial charge is 0.481 e. The first kappa shape index (κ1) is 22.0. The van der Waals surface area contributed by atoms with E-state index in [0.717, 1.165) is 29.7 Å². The van der Waals surface area contributed by atoms with Crippen LogP contribution in [-0.4, -0.2) is 69.2 Å². The quantitative estimate of drug-likeness (QED) is 0.716. The number of aliphatic carboxylic acids is 1. The number of amides is 1. The molecule has 1 aliphatic rings. The molecule has 0 saturated carbocycles. The second-order valence-electron chi connectivity index (χ2n) is 9.11. The molecule has 8 heteroatoms. The number of rotatable bonds is 7. The number of carboxylic acids is 1. The topological polar surface area (TPSA) is 107 Å². The van der Waals surface area contributed by atoms with E-state index in [1.54, 1.807) is 33.3 Å². The molecule has 3 rings (SSSR count). The summed E-state index contributed by atoms with van der Waals surface area (Å²) in [7, 11) is 1.67. The lowest BCUT2D eigenvalue weighted by molar-refractivity contribution is -0.141. The number of carbonyl (C=O) groups is 2. The summed E-state index contributed by atoms with van der Waals surface area (Å²) >= 11 is 0. The Labute approximate surface area is 176 Å². The van der Waals surface area contributed by atoms with E-state index >= 15 is 0 Å². The van der Waals surface area contributed by atoms with Crippen molar-refractivity contribution in [1.29, 1.82) is 0 Å². The van der Waals surface area contributed by atoms with Gasteiger partial charge in [-0.3, -0.25) is 19.6 Å². The Morgan fingerprint density at radius 1 is 1.23 bits per heavy atom. The summed E-state index contributed by atoms with van der Waals surface area (Å²) < 4.78 is 0. The molecule has 0 spiro atoms. The van der Waals surface area contributed by atoms with Gasteiger partial charge < -0.3 is 20.0 Å². The van der Waals surface area contributed by atoms with Crippen LogP contribution in [0.15, 0.2) is 30.6 Å². The molecular formula is C22H30N4O4. The summed E-state index contributed by atoms with van der Waals surface area (Å²) in [6.07, 6.45) is 4.90. The Kier molecular flexibility index (Phi) is 6.26. The second kappa shape index (κ2) is 8.55. The Morgan fingerprint density at radius 2 is 2.00 bits per heavy atom. The van der Waals surface area contributed by atoms with Gasteiger partial charge in [-0.2, -0.15) is 0 Å². The monoisotopic (exact) mass is 414 g/mol. The van der Waals surface area contributed by atoms with Crippen molar-refractivity contribution in [2.75, 3.05) is 31.6 Å². The minimum absolute atomic E-state index is 0.0766. The highest BCUT2D eigenvalue weighted by atomic mass is 16.4. The summed E-state index contributed by atoms with van der Waals surface area (Å²) in [5.74, 6) is -1.09. The Balaban J connectivity index is 1.70. The molecule has 30 heavy (non-hydrogen) atoms. The Hall–Kier alpha value is -2.74. The van der Waals surface area contributed by atoms with E-state index in [9.17, 15) is 14.7 Å². The lowest BCUT2D eigenvalue weighted by atomic mass is 9.85. The fraction of sp³-hybridized carbons (Fsp3) is 0.545. The highest BCUT2D eigenvalue weighted by Crippen LogP contribution is 2.31. The molecular weight excluding hydrogens is 384 g/mol. The van der Waals surface area contributed by atoms with Crippen LogP contribution in [0.3, 0.4) is 0 Å². The molecule has 1 aliphatic heterocycles. The summed E-state index contributed by atoms with van der Waals surface area (Å²) in [6, 6.07) is 5.66. The van der Waals surface area contributed by atoms with Gasteiger partial charge >= 0.3 is 5.97 Å². The lowest BCUT2D eigenvalue weighted by Gasteiger charge is -2.42. The zero-order chi connectivity index (χ0) is 21.9. The van der Waals surface area contributed by atoms with E-state index < -0.39 is 17.0 Å². The Morgan fingerprint density at radius 3 is 2.73 bits per heavy atom. The van der Waals surface area contributed by atoms with E-state index in [2.05, 4.69) is 14.9 Å².